The molecule has 0 bridgehead atoms. The molecule has 0 aromatic carbocycles. The van der Waals surface area contributed by atoms with Crippen molar-refractivity contribution in [2.75, 3.05) is 0 Å². The highest BCUT2D eigenvalue weighted by atomic mass is 16.2. The molecule has 80 valence electrons. The topological polar surface area (TPSA) is 46.2 Å². The van der Waals surface area contributed by atoms with Gasteiger partial charge in [-0.25, -0.2) is 0 Å². The largest absolute Gasteiger partial charge is 0.299 e. The van der Waals surface area contributed by atoms with Gasteiger partial charge in [0.05, 0.1) is 0 Å². The van der Waals surface area contributed by atoms with Gasteiger partial charge in [-0.2, -0.15) is 0 Å². The van der Waals surface area contributed by atoms with Gasteiger partial charge >= 0.3 is 0 Å². The summed E-state index contributed by atoms with van der Waals surface area (Å²) in [6.07, 6.45) is 5.89. The number of carbonyl (C=O) groups excluding carboxylic acids is 2. The van der Waals surface area contributed by atoms with E-state index < -0.39 is 6.04 Å². The summed E-state index contributed by atoms with van der Waals surface area (Å²) in [6, 6.07) is -0.209. The van der Waals surface area contributed by atoms with Crippen LogP contribution in [0.4, 0.5) is 0 Å². The number of Topliss-reactive ketones (excluding diaryl/α,β-unsaturated/α-hetero) is 2. The Bertz CT molecular complexity index is 205. The lowest BCUT2D eigenvalue weighted by molar-refractivity contribution is -0.128. The van der Waals surface area contributed by atoms with Gasteiger partial charge in [0.25, 0.3) is 0 Å². The second-order valence-electron chi connectivity index (χ2n) is 4.16. The molecule has 3 nitrogen and oxygen atoms in total. The van der Waals surface area contributed by atoms with E-state index >= 15 is 0 Å². The minimum absolute atomic E-state index is 0.0666. The van der Waals surface area contributed by atoms with Crippen molar-refractivity contribution in [3.05, 3.63) is 0 Å². The molecule has 0 amide bonds. The van der Waals surface area contributed by atoms with E-state index in [0.29, 0.717) is 6.04 Å². The van der Waals surface area contributed by atoms with E-state index in [1.54, 1.807) is 0 Å². The van der Waals surface area contributed by atoms with Crippen molar-refractivity contribution in [2.24, 2.45) is 0 Å². The van der Waals surface area contributed by atoms with Crippen LogP contribution in [0.2, 0.25) is 0 Å². The van der Waals surface area contributed by atoms with Crippen LogP contribution in [0.25, 0.3) is 0 Å². The first-order valence-electron chi connectivity index (χ1n) is 5.38. The van der Waals surface area contributed by atoms with Gasteiger partial charge < -0.3 is 0 Å². The maximum Gasteiger partial charge on any atom is 0.154 e. The van der Waals surface area contributed by atoms with Crippen molar-refractivity contribution in [2.45, 2.75) is 58.0 Å². The average molecular weight is 197 g/mol. The molecule has 0 saturated heterocycles. The van der Waals surface area contributed by atoms with Gasteiger partial charge in [-0.3, -0.25) is 14.9 Å². The Morgan fingerprint density at radius 2 is 1.57 bits per heavy atom. The summed E-state index contributed by atoms with van der Waals surface area (Å²) in [5.74, 6) is -0.133. The predicted octanol–water partition coefficient (Wildman–Crippen LogP) is 1.46. The molecular formula is C11H19NO2. The molecule has 0 spiro atoms. The molecule has 1 saturated carbocycles. The molecule has 1 rings (SSSR count). The molecule has 3 heteroatoms. The van der Waals surface area contributed by atoms with E-state index in [1.807, 2.05) is 0 Å². The minimum atomic E-state index is -0.571. The fraction of sp³-hybridized carbons (Fsp3) is 0.818. The van der Waals surface area contributed by atoms with Crippen molar-refractivity contribution in [3.8, 4) is 0 Å². The summed E-state index contributed by atoms with van der Waals surface area (Å²) in [5.41, 5.74) is 0. The van der Waals surface area contributed by atoms with Crippen molar-refractivity contribution in [1.82, 2.24) is 5.32 Å². The van der Waals surface area contributed by atoms with E-state index in [0.717, 1.165) is 12.8 Å². The van der Waals surface area contributed by atoms with E-state index in [-0.39, 0.29) is 11.6 Å². The third kappa shape index (κ3) is 3.22. The summed E-state index contributed by atoms with van der Waals surface area (Å²) in [7, 11) is 0. The standard InChI is InChI=1S/C11H19NO2/c1-8(13)11(9(2)14)12-10-6-4-3-5-7-10/h10-12H,3-7H2,1-2H3. The van der Waals surface area contributed by atoms with Crippen LogP contribution in [-0.2, 0) is 9.59 Å². The molecule has 1 fully saturated rings. The fourth-order valence-corrected chi connectivity index (χ4v) is 2.03. The van der Waals surface area contributed by atoms with E-state index in [1.165, 1.54) is 33.1 Å². The smallest absolute Gasteiger partial charge is 0.154 e. The molecule has 0 heterocycles. The predicted molar refractivity (Wildman–Crippen MR) is 55.2 cm³/mol. The maximum atomic E-state index is 11.2. The van der Waals surface area contributed by atoms with Crippen molar-refractivity contribution >= 4 is 11.6 Å². The zero-order valence-corrected chi connectivity index (χ0v) is 9.01. The second kappa shape index (κ2) is 5.25. The Labute approximate surface area is 85.3 Å². The molecule has 0 atom stereocenters. The van der Waals surface area contributed by atoms with Crippen LogP contribution >= 0.6 is 0 Å². The van der Waals surface area contributed by atoms with Crippen molar-refractivity contribution < 1.29 is 9.59 Å². The lowest BCUT2D eigenvalue weighted by Crippen LogP contribution is -2.47. The molecule has 1 aliphatic carbocycles. The second-order valence-corrected chi connectivity index (χ2v) is 4.16. The number of carbonyl (C=O) groups is 2. The van der Waals surface area contributed by atoms with Crippen LogP contribution in [0.5, 0.6) is 0 Å². The molecule has 1 aliphatic rings. The monoisotopic (exact) mass is 197 g/mol. The summed E-state index contributed by atoms with van der Waals surface area (Å²) in [5, 5.41) is 3.16. The van der Waals surface area contributed by atoms with Gasteiger partial charge in [-0.1, -0.05) is 19.3 Å². The summed E-state index contributed by atoms with van der Waals surface area (Å²) >= 11 is 0. The number of nitrogens with one attached hydrogen (secondary N) is 1. The summed E-state index contributed by atoms with van der Waals surface area (Å²) < 4.78 is 0. The Hall–Kier alpha value is -0.700. The number of rotatable bonds is 4. The van der Waals surface area contributed by atoms with E-state index in [9.17, 15) is 9.59 Å². The van der Waals surface area contributed by atoms with Crippen LogP contribution < -0.4 is 5.32 Å². The minimum Gasteiger partial charge on any atom is -0.299 e. The van der Waals surface area contributed by atoms with Gasteiger partial charge in [0.1, 0.15) is 6.04 Å². The summed E-state index contributed by atoms with van der Waals surface area (Å²) in [4.78, 5) is 22.4. The third-order valence-corrected chi connectivity index (χ3v) is 2.82. The highest BCUT2D eigenvalue weighted by molar-refractivity contribution is 6.04. The zero-order valence-electron chi connectivity index (χ0n) is 9.01. The van der Waals surface area contributed by atoms with E-state index in [4.69, 9.17) is 0 Å². The van der Waals surface area contributed by atoms with Crippen LogP contribution in [0.3, 0.4) is 0 Å². The first kappa shape index (κ1) is 11.4. The van der Waals surface area contributed by atoms with Gasteiger partial charge in [0, 0.05) is 6.04 Å². The van der Waals surface area contributed by atoms with Crippen LogP contribution in [-0.4, -0.2) is 23.7 Å². The zero-order chi connectivity index (χ0) is 10.6. The lowest BCUT2D eigenvalue weighted by Gasteiger charge is -2.26. The van der Waals surface area contributed by atoms with Crippen molar-refractivity contribution in [3.63, 3.8) is 0 Å². The average Bonchev–Trinajstić information content (AvgIpc) is 2.15. The van der Waals surface area contributed by atoms with Crippen LogP contribution in [0, 0.1) is 0 Å². The Morgan fingerprint density at radius 3 is 2.00 bits per heavy atom. The summed E-state index contributed by atoms with van der Waals surface area (Å²) in [6.45, 7) is 2.95. The van der Waals surface area contributed by atoms with Crippen LogP contribution in [0.15, 0.2) is 0 Å². The molecule has 0 aliphatic heterocycles. The molecule has 0 unspecified atom stereocenters. The Balaban J connectivity index is 2.45. The van der Waals surface area contributed by atoms with Crippen LogP contribution in [0.1, 0.15) is 46.0 Å². The van der Waals surface area contributed by atoms with Gasteiger partial charge in [-0.05, 0) is 26.7 Å². The Morgan fingerprint density at radius 1 is 1.07 bits per heavy atom. The fourth-order valence-electron chi connectivity index (χ4n) is 2.03. The molecule has 0 aromatic heterocycles. The first-order valence-corrected chi connectivity index (χ1v) is 5.38. The normalized spacial score (nSPS) is 18.5. The third-order valence-electron chi connectivity index (χ3n) is 2.82. The molecule has 0 radical (unpaired) electrons. The molecular weight excluding hydrogens is 178 g/mol. The number of hydrogen-bond donors (Lipinski definition) is 1. The van der Waals surface area contributed by atoms with Gasteiger partial charge in [0.2, 0.25) is 0 Å². The van der Waals surface area contributed by atoms with Gasteiger partial charge in [0.15, 0.2) is 11.6 Å². The quantitative estimate of drug-likeness (QED) is 0.694. The highest BCUT2D eigenvalue weighted by Crippen LogP contribution is 2.17. The first-order chi connectivity index (χ1) is 6.61. The van der Waals surface area contributed by atoms with Gasteiger partial charge in [-0.15, -0.1) is 0 Å². The molecule has 14 heavy (non-hydrogen) atoms. The molecule has 1 N–H and O–H groups in total. The highest BCUT2D eigenvalue weighted by Gasteiger charge is 2.23. The maximum absolute atomic E-state index is 11.2. The molecule has 0 aromatic rings. The lowest BCUT2D eigenvalue weighted by atomic mass is 9.94. The van der Waals surface area contributed by atoms with Crippen molar-refractivity contribution in [1.29, 1.82) is 0 Å². The SMILES string of the molecule is CC(=O)C(NC1CCCCC1)C(C)=O. The number of ketones is 2. The Kier molecular flexibility index (Phi) is 4.26. The number of hydrogen-bond acceptors (Lipinski definition) is 3. The van der Waals surface area contributed by atoms with E-state index in [2.05, 4.69) is 5.32 Å².